The van der Waals surface area contributed by atoms with Gasteiger partial charge in [0.1, 0.15) is 28.0 Å². The molecule has 1 fully saturated rings. The molecule has 5 aromatic rings. The molecule has 3 aromatic carbocycles. The second-order valence-corrected chi connectivity index (χ2v) is 11.8. The van der Waals surface area contributed by atoms with Crippen LogP contribution in [0.3, 0.4) is 0 Å². The van der Waals surface area contributed by atoms with Crippen LogP contribution in [0, 0.1) is 18.6 Å². The van der Waals surface area contributed by atoms with Crippen LogP contribution in [0.15, 0.2) is 71.8 Å². The number of benzene rings is 3. The van der Waals surface area contributed by atoms with Crippen LogP contribution in [0.1, 0.15) is 12.5 Å². The summed E-state index contributed by atoms with van der Waals surface area (Å²) >= 11 is 0. The number of sulfonamides is 1. The van der Waals surface area contributed by atoms with Gasteiger partial charge in [-0.25, -0.2) is 22.2 Å². The molecule has 0 aliphatic carbocycles. The molecule has 0 atom stereocenters. The highest BCUT2D eigenvalue weighted by atomic mass is 32.2. The smallest absolute Gasteiger partial charge is 0.264 e. The fourth-order valence-electron chi connectivity index (χ4n) is 4.94. The number of aromatic nitrogens is 3. The molecule has 216 valence electrons. The predicted molar refractivity (Wildman–Crippen MR) is 159 cm³/mol. The highest BCUT2D eigenvalue weighted by molar-refractivity contribution is 7.92. The summed E-state index contributed by atoms with van der Waals surface area (Å²) in [4.78, 5) is 3.86. The number of fused-ring (bicyclic) bond motifs is 1. The van der Waals surface area contributed by atoms with Gasteiger partial charge in [0, 0.05) is 29.6 Å². The number of nitrogens with one attached hydrogen (secondary N) is 2. The lowest BCUT2D eigenvalue weighted by molar-refractivity contribution is 0.0211. The molecule has 3 heterocycles. The van der Waals surface area contributed by atoms with Crippen LogP contribution >= 0.6 is 0 Å². The van der Waals surface area contributed by atoms with Gasteiger partial charge in [-0.1, -0.05) is 24.3 Å². The third-order valence-corrected chi connectivity index (χ3v) is 8.54. The number of hydrogen-bond acceptors (Lipinski definition) is 7. The van der Waals surface area contributed by atoms with E-state index in [2.05, 4.69) is 15.0 Å². The first-order chi connectivity index (χ1) is 20.1. The fourth-order valence-corrected chi connectivity index (χ4v) is 6.17. The maximum absolute atomic E-state index is 15.3. The molecule has 6 rings (SSSR count). The van der Waals surface area contributed by atoms with Gasteiger partial charge < -0.3 is 15.8 Å². The summed E-state index contributed by atoms with van der Waals surface area (Å²) in [6.07, 6.45) is 1.69. The van der Waals surface area contributed by atoms with E-state index >= 15 is 4.39 Å². The molecular formula is C30H28F2N6O3S. The lowest BCUT2D eigenvalue weighted by atomic mass is 10.0. The summed E-state index contributed by atoms with van der Waals surface area (Å²) in [5.41, 5.74) is 10.8. The van der Waals surface area contributed by atoms with Crippen molar-refractivity contribution < 1.29 is 21.9 Å². The van der Waals surface area contributed by atoms with Gasteiger partial charge in [-0.05, 0) is 61.4 Å². The second kappa shape index (κ2) is 10.7. The molecule has 0 unspecified atom stereocenters. The molecule has 0 spiro atoms. The molecule has 2 aromatic heterocycles. The summed E-state index contributed by atoms with van der Waals surface area (Å²) in [5, 5.41) is 8.70. The van der Waals surface area contributed by atoms with Crippen LogP contribution in [0.2, 0.25) is 0 Å². The zero-order chi connectivity index (χ0) is 29.6. The van der Waals surface area contributed by atoms with Crippen LogP contribution in [-0.4, -0.2) is 42.4 Å². The summed E-state index contributed by atoms with van der Waals surface area (Å²) in [6.45, 7) is 5.45. The standard InChI is InChI=1S/C30H28F2N6O3S/c1-3-38-29-22(18-5-8-20(9-6-18)35-21-15-41-16-21)14-34-30(33)27(29)28(36-38)19-7-11-25(24(32)13-19)37-42(39,40)26-12-17(2)4-10-23(26)31/h4-14,21,35,37H,3,15-16H2,1-2H3,(H2,33,34). The normalized spacial score (nSPS) is 13.7. The van der Waals surface area contributed by atoms with Gasteiger partial charge in [0.2, 0.25) is 0 Å². The van der Waals surface area contributed by atoms with Gasteiger partial charge in [-0.15, -0.1) is 0 Å². The SMILES string of the molecule is CCn1nc(-c2ccc(NS(=O)(=O)c3cc(C)ccc3F)c(F)c2)c2c(N)ncc(-c3ccc(NC4COC4)cc3)c21. The first-order valence-corrected chi connectivity index (χ1v) is 14.8. The van der Waals surface area contributed by atoms with Gasteiger partial charge >= 0.3 is 0 Å². The number of nitrogen functional groups attached to an aromatic ring is 1. The van der Waals surface area contributed by atoms with Crippen molar-refractivity contribution in [3.05, 3.63) is 84.1 Å². The van der Waals surface area contributed by atoms with Crippen LogP contribution in [-0.2, 0) is 21.3 Å². The zero-order valence-corrected chi connectivity index (χ0v) is 23.7. The number of anilines is 3. The molecule has 0 amide bonds. The first kappa shape index (κ1) is 27.6. The van der Waals surface area contributed by atoms with Gasteiger partial charge in [-0.3, -0.25) is 9.40 Å². The maximum atomic E-state index is 15.3. The van der Waals surface area contributed by atoms with E-state index < -0.39 is 26.6 Å². The van der Waals surface area contributed by atoms with Crippen LogP contribution < -0.4 is 15.8 Å². The molecule has 1 aliphatic heterocycles. The summed E-state index contributed by atoms with van der Waals surface area (Å²) < 4.78 is 64.4. The lowest BCUT2D eigenvalue weighted by Gasteiger charge is -2.27. The lowest BCUT2D eigenvalue weighted by Crippen LogP contribution is -2.40. The van der Waals surface area contributed by atoms with Crippen molar-refractivity contribution in [1.29, 1.82) is 0 Å². The molecule has 1 saturated heterocycles. The Hall–Kier alpha value is -4.55. The summed E-state index contributed by atoms with van der Waals surface area (Å²) in [6, 6.07) is 15.9. The van der Waals surface area contributed by atoms with E-state index in [9.17, 15) is 12.8 Å². The molecule has 4 N–H and O–H groups in total. The van der Waals surface area contributed by atoms with E-state index in [-0.39, 0.29) is 11.5 Å². The zero-order valence-electron chi connectivity index (χ0n) is 22.9. The molecule has 12 heteroatoms. The summed E-state index contributed by atoms with van der Waals surface area (Å²) in [5.74, 6) is -1.56. The van der Waals surface area contributed by atoms with Crippen LogP contribution in [0.25, 0.3) is 33.3 Å². The minimum absolute atomic E-state index is 0.229. The van der Waals surface area contributed by atoms with Crippen molar-refractivity contribution in [2.75, 3.05) is 29.0 Å². The fraction of sp³-hybridized carbons (Fsp3) is 0.200. The van der Waals surface area contributed by atoms with E-state index in [1.807, 2.05) is 31.2 Å². The van der Waals surface area contributed by atoms with E-state index in [0.717, 1.165) is 28.4 Å². The monoisotopic (exact) mass is 590 g/mol. The third kappa shape index (κ3) is 5.03. The second-order valence-electron chi connectivity index (χ2n) is 10.1. The highest BCUT2D eigenvalue weighted by Crippen LogP contribution is 2.38. The minimum Gasteiger partial charge on any atom is -0.383 e. The highest BCUT2D eigenvalue weighted by Gasteiger charge is 2.24. The number of rotatable bonds is 8. The van der Waals surface area contributed by atoms with Gasteiger partial charge in [0.05, 0.1) is 35.8 Å². The number of ether oxygens (including phenoxy) is 1. The van der Waals surface area contributed by atoms with Crippen molar-refractivity contribution in [1.82, 2.24) is 14.8 Å². The topological polar surface area (TPSA) is 124 Å². The van der Waals surface area contributed by atoms with Crippen molar-refractivity contribution >= 4 is 38.1 Å². The Morgan fingerprint density at radius 1 is 1.02 bits per heavy atom. The molecule has 1 aliphatic rings. The van der Waals surface area contributed by atoms with Crippen molar-refractivity contribution in [3.63, 3.8) is 0 Å². The number of nitrogens with zero attached hydrogens (tertiary/aromatic N) is 3. The quantitative estimate of drug-likeness (QED) is 0.216. The molecular weight excluding hydrogens is 562 g/mol. The Morgan fingerprint density at radius 3 is 2.43 bits per heavy atom. The van der Waals surface area contributed by atoms with Crippen molar-refractivity contribution in [2.24, 2.45) is 0 Å². The van der Waals surface area contributed by atoms with Crippen LogP contribution in [0.5, 0.6) is 0 Å². The third-order valence-electron chi connectivity index (χ3n) is 7.16. The van der Waals surface area contributed by atoms with E-state index in [1.165, 1.54) is 30.3 Å². The Kier molecular flexibility index (Phi) is 7.03. The molecule has 0 bridgehead atoms. The first-order valence-electron chi connectivity index (χ1n) is 13.3. The molecule has 0 saturated carbocycles. The van der Waals surface area contributed by atoms with Crippen LogP contribution in [0.4, 0.5) is 26.0 Å². The molecule has 42 heavy (non-hydrogen) atoms. The number of nitrogens with two attached hydrogens (primary N) is 1. The van der Waals surface area contributed by atoms with Gasteiger partial charge in [0.25, 0.3) is 10.0 Å². The van der Waals surface area contributed by atoms with Crippen molar-refractivity contribution in [3.8, 4) is 22.4 Å². The number of pyridine rings is 1. The van der Waals surface area contributed by atoms with E-state index in [0.29, 0.717) is 48.0 Å². The number of hydrogen-bond donors (Lipinski definition) is 3. The predicted octanol–water partition coefficient (Wildman–Crippen LogP) is 5.57. The van der Waals surface area contributed by atoms with Gasteiger partial charge in [-0.2, -0.15) is 5.10 Å². The van der Waals surface area contributed by atoms with E-state index in [1.54, 1.807) is 17.8 Å². The van der Waals surface area contributed by atoms with E-state index in [4.69, 9.17) is 15.6 Å². The summed E-state index contributed by atoms with van der Waals surface area (Å²) in [7, 11) is -4.38. The van der Waals surface area contributed by atoms with Crippen molar-refractivity contribution in [2.45, 2.75) is 31.3 Å². The Bertz CT molecular complexity index is 1920. The number of aryl methyl sites for hydroxylation is 2. The Labute approximate surface area is 241 Å². The average Bonchev–Trinajstić information content (AvgIpc) is 3.34. The molecule has 0 radical (unpaired) electrons. The Balaban J connectivity index is 1.37. The Morgan fingerprint density at radius 2 is 1.76 bits per heavy atom. The number of halogens is 2. The molecule has 9 nitrogen and oxygen atoms in total. The average molecular weight is 591 g/mol. The maximum Gasteiger partial charge on any atom is 0.264 e. The van der Waals surface area contributed by atoms with Gasteiger partial charge in [0.15, 0.2) is 0 Å². The largest absolute Gasteiger partial charge is 0.383 e. The minimum atomic E-state index is -4.38.